The number of hydrogen-bond acceptors (Lipinski definition) is 7. The summed E-state index contributed by atoms with van der Waals surface area (Å²) in [6, 6.07) is 11.5. The van der Waals surface area contributed by atoms with Crippen LogP contribution in [0.5, 0.6) is 0 Å². The number of sulfonamides is 1. The fourth-order valence-corrected chi connectivity index (χ4v) is 3.90. The van der Waals surface area contributed by atoms with Gasteiger partial charge in [0.05, 0.1) is 16.0 Å². The lowest BCUT2D eigenvalue weighted by Crippen LogP contribution is -2.42. The summed E-state index contributed by atoms with van der Waals surface area (Å²) < 4.78 is 22.8. The molecule has 0 radical (unpaired) electrons. The highest BCUT2D eigenvalue weighted by atomic mass is 32.2. The molecule has 2 heterocycles. The Bertz CT molecular complexity index is 1170. The maximum atomic E-state index is 12.8. The number of fused-ring (bicyclic) bond motifs is 1. The van der Waals surface area contributed by atoms with E-state index in [4.69, 9.17) is 5.14 Å². The fraction of sp³-hybridized carbons (Fsp3) is 0.250. The van der Waals surface area contributed by atoms with Gasteiger partial charge in [-0.1, -0.05) is 12.1 Å². The van der Waals surface area contributed by atoms with E-state index in [1.807, 2.05) is 12.1 Å². The summed E-state index contributed by atoms with van der Waals surface area (Å²) in [6.45, 7) is 1.78. The van der Waals surface area contributed by atoms with Crippen molar-refractivity contribution >= 4 is 38.5 Å². The second-order valence-corrected chi connectivity index (χ2v) is 8.69. The zero-order valence-corrected chi connectivity index (χ0v) is 16.9. The van der Waals surface area contributed by atoms with Gasteiger partial charge in [-0.3, -0.25) is 4.79 Å². The van der Waals surface area contributed by atoms with Crippen molar-refractivity contribution in [2.75, 3.05) is 18.4 Å². The number of rotatable bonds is 5. The van der Waals surface area contributed by atoms with Crippen LogP contribution in [0.3, 0.4) is 0 Å². The quantitative estimate of drug-likeness (QED) is 0.485. The fourth-order valence-electron chi connectivity index (χ4n) is 3.39. The zero-order chi connectivity index (χ0) is 21.1. The SMILES string of the molecule is NS(=O)(=O)c1ccc(Nc2ncc3cccc(C(=O)NC4CCNCC4)c3n2)cc1. The molecule has 1 aliphatic rings. The number of nitrogens with two attached hydrogens (primary N) is 1. The Balaban J connectivity index is 1.58. The molecule has 4 rings (SSSR count). The molecule has 2 aromatic carbocycles. The first-order valence-corrected chi connectivity index (χ1v) is 11.1. The Kier molecular flexibility index (Phi) is 5.62. The molecule has 0 saturated carbocycles. The van der Waals surface area contributed by atoms with Gasteiger partial charge in [-0.2, -0.15) is 0 Å². The Morgan fingerprint density at radius 1 is 1.10 bits per heavy atom. The minimum atomic E-state index is -3.76. The van der Waals surface area contributed by atoms with E-state index in [2.05, 4.69) is 25.9 Å². The van der Waals surface area contributed by atoms with Crippen molar-refractivity contribution in [3.63, 3.8) is 0 Å². The number of nitrogens with one attached hydrogen (secondary N) is 3. The highest BCUT2D eigenvalue weighted by Crippen LogP contribution is 2.21. The number of carbonyl (C=O) groups excluding carboxylic acids is 1. The number of hydrogen-bond donors (Lipinski definition) is 4. The van der Waals surface area contributed by atoms with E-state index in [-0.39, 0.29) is 16.8 Å². The average Bonchev–Trinajstić information content (AvgIpc) is 2.74. The molecule has 10 heteroatoms. The minimum absolute atomic E-state index is 0.0179. The number of carbonyl (C=O) groups is 1. The third-order valence-electron chi connectivity index (χ3n) is 4.97. The summed E-state index contributed by atoms with van der Waals surface area (Å²) in [5.41, 5.74) is 1.63. The molecule has 0 atom stereocenters. The third-order valence-corrected chi connectivity index (χ3v) is 5.90. The van der Waals surface area contributed by atoms with Gasteiger partial charge in [0.1, 0.15) is 0 Å². The van der Waals surface area contributed by atoms with Crippen LogP contribution in [0, 0.1) is 0 Å². The molecule has 5 N–H and O–H groups in total. The van der Waals surface area contributed by atoms with Gasteiger partial charge < -0.3 is 16.0 Å². The second kappa shape index (κ2) is 8.34. The van der Waals surface area contributed by atoms with E-state index >= 15 is 0 Å². The van der Waals surface area contributed by atoms with E-state index in [1.165, 1.54) is 12.1 Å². The van der Waals surface area contributed by atoms with Crippen LogP contribution >= 0.6 is 0 Å². The Morgan fingerprint density at radius 2 is 1.83 bits per heavy atom. The molecule has 1 fully saturated rings. The van der Waals surface area contributed by atoms with Gasteiger partial charge in [0, 0.05) is 23.3 Å². The molecule has 1 amide bonds. The van der Waals surface area contributed by atoms with E-state index in [0.29, 0.717) is 22.7 Å². The summed E-state index contributed by atoms with van der Waals surface area (Å²) in [7, 11) is -3.76. The van der Waals surface area contributed by atoms with Gasteiger partial charge in [0.25, 0.3) is 5.91 Å². The number of primary sulfonamides is 1. The van der Waals surface area contributed by atoms with Crippen molar-refractivity contribution in [2.45, 2.75) is 23.8 Å². The predicted octanol–water partition coefficient (Wildman–Crippen LogP) is 1.50. The Labute approximate surface area is 174 Å². The molecule has 156 valence electrons. The first-order valence-electron chi connectivity index (χ1n) is 9.57. The molecule has 1 aromatic heterocycles. The van der Waals surface area contributed by atoms with Gasteiger partial charge in [-0.05, 0) is 56.3 Å². The van der Waals surface area contributed by atoms with Gasteiger partial charge >= 0.3 is 0 Å². The van der Waals surface area contributed by atoms with Crippen molar-refractivity contribution in [3.8, 4) is 0 Å². The molecule has 1 saturated heterocycles. The van der Waals surface area contributed by atoms with Crippen LogP contribution in [0.25, 0.3) is 10.9 Å². The number of amides is 1. The first-order chi connectivity index (χ1) is 14.4. The molecule has 0 spiro atoms. The van der Waals surface area contributed by atoms with Gasteiger partial charge in [-0.25, -0.2) is 23.5 Å². The normalized spacial score (nSPS) is 15.1. The van der Waals surface area contributed by atoms with Crippen LogP contribution in [-0.2, 0) is 10.0 Å². The monoisotopic (exact) mass is 426 g/mol. The highest BCUT2D eigenvalue weighted by Gasteiger charge is 2.18. The summed E-state index contributed by atoms with van der Waals surface area (Å²) in [4.78, 5) is 21.7. The largest absolute Gasteiger partial charge is 0.349 e. The molecule has 1 aliphatic heterocycles. The van der Waals surface area contributed by atoms with Crippen LogP contribution in [-0.4, -0.2) is 43.4 Å². The molecular weight excluding hydrogens is 404 g/mol. The van der Waals surface area contributed by atoms with Gasteiger partial charge in [-0.15, -0.1) is 0 Å². The van der Waals surface area contributed by atoms with E-state index in [1.54, 1.807) is 24.4 Å². The van der Waals surface area contributed by atoms with Crippen molar-refractivity contribution in [1.82, 2.24) is 20.6 Å². The van der Waals surface area contributed by atoms with Crippen molar-refractivity contribution in [1.29, 1.82) is 0 Å². The summed E-state index contributed by atoms with van der Waals surface area (Å²) >= 11 is 0. The standard InChI is InChI=1S/C20H22N6O3S/c21-30(28,29)16-6-4-14(5-7-16)25-20-23-12-13-2-1-3-17(18(13)26-20)19(27)24-15-8-10-22-11-9-15/h1-7,12,15,22H,8-11H2,(H,24,27)(H2,21,28,29)(H,23,25,26). The highest BCUT2D eigenvalue weighted by molar-refractivity contribution is 7.89. The lowest BCUT2D eigenvalue weighted by Gasteiger charge is -2.23. The number of nitrogens with zero attached hydrogens (tertiary/aromatic N) is 2. The number of anilines is 2. The topological polar surface area (TPSA) is 139 Å². The molecule has 3 aromatic rings. The molecule has 0 aliphatic carbocycles. The van der Waals surface area contributed by atoms with Crippen molar-refractivity contribution in [3.05, 3.63) is 54.2 Å². The second-order valence-electron chi connectivity index (χ2n) is 7.13. The summed E-state index contributed by atoms with van der Waals surface area (Å²) in [6.07, 6.45) is 3.43. The van der Waals surface area contributed by atoms with Gasteiger partial charge in [0.2, 0.25) is 16.0 Å². The predicted molar refractivity (Wildman–Crippen MR) is 114 cm³/mol. The maximum Gasteiger partial charge on any atom is 0.253 e. The number of benzene rings is 2. The Hall–Kier alpha value is -3.08. The van der Waals surface area contributed by atoms with Crippen LogP contribution in [0.2, 0.25) is 0 Å². The van der Waals surface area contributed by atoms with Crippen LogP contribution in [0.4, 0.5) is 11.6 Å². The number of piperidine rings is 1. The first kappa shape index (κ1) is 20.2. The number of para-hydroxylation sites is 1. The van der Waals surface area contributed by atoms with Gasteiger partial charge in [0.15, 0.2) is 0 Å². The number of aromatic nitrogens is 2. The molecule has 0 unspecified atom stereocenters. The smallest absolute Gasteiger partial charge is 0.253 e. The molecule has 9 nitrogen and oxygen atoms in total. The van der Waals surface area contributed by atoms with E-state index in [0.717, 1.165) is 31.3 Å². The maximum absolute atomic E-state index is 12.8. The third kappa shape index (κ3) is 4.56. The average molecular weight is 427 g/mol. The zero-order valence-electron chi connectivity index (χ0n) is 16.1. The molecular formula is C20H22N6O3S. The molecule has 0 bridgehead atoms. The van der Waals surface area contributed by atoms with Crippen LogP contribution in [0.15, 0.2) is 53.6 Å². The lowest BCUT2D eigenvalue weighted by molar-refractivity contribution is 0.0931. The van der Waals surface area contributed by atoms with Crippen LogP contribution < -0.4 is 21.1 Å². The Morgan fingerprint density at radius 3 is 2.53 bits per heavy atom. The van der Waals surface area contributed by atoms with E-state index < -0.39 is 10.0 Å². The lowest BCUT2D eigenvalue weighted by atomic mass is 10.1. The molecule has 30 heavy (non-hydrogen) atoms. The summed E-state index contributed by atoms with van der Waals surface area (Å²) in [5, 5.41) is 15.3. The van der Waals surface area contributed by atoms with Crippen molar-refractivity contribution < 1.29 is 13.2 Å². The summed E-state index contributed by atoms with van der Waals surface area (Å²) in [5.74, 6) is 0.141. The van der Waals surface area contributed by atoms with Crippen LogP contribution in [0.1, 0.15) is 23.2 Å². The minimum Gasteiger partial charge on any atom is -0.349 e. The van der Waals surface area contributed by atoms with E-state index in [9.17, 15) is 13.2 Å². The van der Waals surface area contributed by atoms with Crippen molar-refractivity contribution in [2.24, 2.45) is 5.14 Å².